The first kappa shape index (κ1) is 39.8. The van der Waals surface area contributed by atoms with Crippen molar-refractivity contribution in [3.05, 3.63) is 0 Å². The van der Waals surface area contributed by atoms with Crippen molar-refractivity contribution in [2.75, 3.05) is 78.7 Å². The minimum absolute atomic E-state index is 0.0234. The first-order valence-corrected chi connectivity index (χ1v) is 22.9. The lowest BCUT2D eigenvalue weighted by Gasteiger charge is -2.63. The fourth-order valence-electron chi connectivity index (χ4n) is 15.5. The number of amides is 2. The van der Waals surface area contributed by atoms with Gasteiger partial charge in [0.1, 0.15) is 12.2 Å². The molecule has 0 aromatic rings. The smallest absolute Gasteiger partial charge is 0.410 e. The molecule has 11 heteroatoms. The minimum Gasteiger partial charge on any atom is -0.446 e. The van der Waals surface area contributed by atoms with Crippen molar-refractivity contribution in [2.45, 2.75) is 137 Å². The van der Waals surface area contributed by atoms with Crippen LogP contribution in [-0.2, 0) is 18.9 Å². The van der Waals surface area contributed by atoms with Gasteiger partial charge >= 0.3 is 12.2 Å². The van der Waals surface area contributed by atoms with Gasteiger partial charge in [0, 0.05) is 76.3 Å². The molecule has 5 aliphatic carbocycles. The zero-order valence-electron chi connectivity index (χ0n) is 35.8. The normalized spacial score (nSPS) is 46.4. The summed E-state index contributed by atoms with van der Waals surface area (Å²) in [6, 6.07) is 0. The van der Waals surface area contributed by atoms with E-state index in [2.05, 4.69) is 58.3 Å². The van der Waals surface area contributed by atoms with Gasteiger partial charge in [-0.15, -0.1) is 0 Å². The van der Waals surface area contributed by atoms with E-state index in [9.17, 15) is 14.7 Å². The average molecular weight is 783 g/mol. The van der Waals surface area contributed by atoms with Crippen LogP contribution < -0.4 is 0 Å². The number of aliphatic hydroxyl groups excluding tert-OH is 1. The number of carbonyl (C=O) groups excluding carboxylic acids is 2. The van der Waals surface area contributed by atoms with Crippen molar-refractivity contribution in [1.82, 2.24) is 19.6 Å². The van der Waals surface area contributed by atoms with E-state index in [1.165, 1.54) is 12.8 Å². The summed E-state index contributed by atoms with van der Waals surface area (Å²) in [5, 5.41) is 12.7. The van der Waals surface area contributed by atoms with Crippen molar-refractivity contribution >= 4 is 12.2 Å². The molecule has 2 amide bonds. The summed E-state index contributed by atoms with van der Waals surface area (Å²) < 4.78 is 25.3. The van der Waals surface area contributed by atoms with Crippen LogP contribution in [-0.4, -0.2) is 146 Å². The molecule has 4 heterocycles. The zero-order valence-corrected chi connectivity index (χ0v) is 35.8. The van der Waals surface area contributed by atoms with Crippen molar-refractivity contribution in [3.63, 3.8) is 0 Å². The summed E-state index contributed by atoms with van der Waals surface area (Å²) in [7, 11) is 0. The third-order valence-electron chi connectivity index (χ3n) is 18.8. The molecule has 0 aromatic heterocycles. The maximum atomic E-state index is 13.7. The summed E-state index contributed by atoms with van der Waals surface area (Å²) in [5.41, 5.74) is 0.117. The summed E-state index contributed by atoms with van der Waals surface area (Å²) in [5.74, 6) is 1.73. The highest BCUT2D eigenvalue weighted by molar-refractivity contribution is 5.69. The molecule has 13 atom stereocenters. The number of rotatable bonds is 7. The molecule has 56 heavy (non-hydrogen) atoms. The van der Waals surface area contributed by atoms with Crippen molar-refractivity contribution in [2.24, 2.45) is 56.7 Å². The molecule has 4 unspecified atom stereocenters. The van der Waals surface area contributed by atoms with E-state index in [-0.39, 0.29) is 75.5 Å². The SMILES string of the molecule is CC(C)[C@@H](OC(=O)N1CCC1)C1C[C@@H](C)[C@H]2C(O1)[C@H](O)[C@@]1(C)C3CC[C@H]4C(C)(C)[C@@H](OC(=O)N5CCN(CCN6CCOCC6)CC5)CC[C@@]45CC35CC[C@]21C. The van der Waals surface area contributed by atoms with E-state index >= 15 is 0 Å². The molecule has 0 radical (unpaired) electrons. The number of hydrogen-bond donors (Lipinski definition) is 1. The fraction of sp³-hybridized carbons (Fsp3) is 0.956. The Labute approximate surface area is 336 Å². The van der Waals surface area contributed by atoms with Crippen molar-refractivity contribution < 1.29 is 33.6 Å². The third-order valence-corrected chi connectivity index (χ3v) is 18.8. The second-order valence-electron chi connectivity index (χ2n) is 21.6. The maximum Gasteiger partial charge on any atom is 0.410 e. The molecule has 9 rings (SSSR count). The van der Waals surface area contributed by atoms with Crippen LogP contribution in [0.4, 0.5) is 9.59 Å². The van der Waals surface area contributed by atoms with Gasteiger partial charge < -0.3 is 33.9 Å². The first-order chi connectivity index (χ1) is 26.7. The van der Waals surface area contributed by atoms with Crippen LogP contribution in [0.3, 0.4) is 0 Å². The fourth-order valence-corrected chi connectivity index (χ4v) is 15.5. The molecule has 11 nitrogen and oxygen atoms in total. The second kappa shape index (κ2) is 14.2. The minimum atomic E-state index is -0.553. The van der Waals surface area contributed by atoms with Gasteiger partial charge in [-0.1, -0.05) is 48.5 Å². The standard InChI is InChI=1S/C45H74N4O7/c1-29(2)36(56-40(52)48-15-8-16-48)31-27-30(3)35-37(54-31)38(50)43(7)33-10-9-32-41(4,5)34(11-12-44(32)28-45(33,44)14-13-42(35,43)6)55-39(51)49-21-19-46(20-22-49)17-18-47-23-25-53-26-24-47/h29-38,50H,8-28H2,1-7H3/t30-,31?,32+,33?,34+,35+,36-,37?,38+,42-,43-,44-,45?/m1/s1. The molecule has 1 N–H and O–H groups in total. The summed E-state index contributed by atoms with van der Waals surface area (Å²) in [6.07, 6.45) is 8.06. The monoisotopic (exact) mass is 783 g/mol. The average Bonchev–Trinajstić information content (AvgIpc) is 3.78. The van der Waals surface area contributed by atoms with Gasteiger partial charge in [0.05, 0.1) is 31.5 Å². The number of ether oxygens (including phenoxy) is 4. The molecular weight excluding hydrogens is 709 g/mol. The van der Waals surface area contributed by atoms with E-state index in [0.717, 1.165) is 124 Å². The number of fused-ring (bicyclic) bond motifs is 4. The van der Waals surface area contributed by atoms with E-state index in [1.54, 1.807) is 4.90 Å². The number of hydrogen-bond acceptors (Lipinski definition) is 9. The van der Waals surface area contributed by atoms with Crippen LogP contribution in [0.15, 0.2) is 0 Å². The van der Waals surface area contributed by atoms with Crippen LogP contribution >= 0.6 is 0 Å². The zero-order chi connectivity index (χ0) is 39.4. The van der Waals surface area contributed by atoms with Gasteiger partial charge in [-0.05, 0) is 104 Å². The van der Waals surface area contributed by atoms with E-state index in [0.29, 0.717) is 17.8 Å². The molecule has 0 aromatic carbocycles. The Hall–Kier alpha value is -1.66. The summed E-state index contributed by atoms with van der Waals surface area (Å²) >= 11 is 0. The van der Waals surface area contributed by atoms with Gasteiger partial charge in [0.2, 0.25) is 0 Å². The van der Waals surface area contributed by atoms with E-state index in [4.69, 9.17) is 18.9 Å². The Balaban J connectivity index is 0.860. The molecular formula is C45H74N4O7. The van der Waals surface area contributed by atoms with Crippen molar-refractivity contribution in [3.8, 4) is 0 Å². The number of carbonyl (C=O) groups is 2. The molecule has 4 aliphatic heterocycles. The van der Waals surface area contributed by atoms with Crippen LogP contribution in [0.2, 0.25) is 0 Å². The predicted molar refractivity (Wildman–Crippen MR) is 213 cm³/mol. The number of morpholine rings is 1. The number of likely N-dealkylation sites (tertiary alicyclic amines) is 1. The Kier molecular flexibility index (Phi) is 10.1. The topological polar surface area (TPSA) is 104 Å². The summed E-state index contributed by atoms with van der Waals surface area (Å²) in [4.78, 5) is 35.5. The molecule has 5 saturated carbocycles. The predicted octanol–water partition coefficient (Wildman–Crippen LogP) is 6.12. The van der Waals surface area contributed by atoms with Gasteiger partial charge in [0.25, 0.3) is 0 Å². The lowest BCUT2D eigenvalue weighted by atomic mass is 9.41. The highest BCUT2D eigenvalue weighted by Gasteiger charge is 2.85. The van der Waals surface area contributed by atoms with Gasteiger partial charge in [-0.3, -0.25) is 9.80 Å². The molecule has 9 aliphatic rings. The van der Waals surface area contributed by atoms with Gasteiger partial charge in [0.15, 0.2) is 0 Å². The second-order valence-corrected chi connectivity index (χ2v) is 21.6. The molecule has 0 bridgehead atoms. The highest BCUT2D eigenvalue weighted by Crippen LogP contribution is 2.89. The Morgan fingerprint density at radius 1 is 0.804 bits per heavy atom. The summed E-state index contributed by atoms with van der Waals surface area (Å²) in [6.45, 7) is 27.0. The Morgan fingerprint density at radius 3 is 2.11 bits per heavy atom. The molecule has 2 spiro atoms. The Morgan fingerprint density at radius 2 is 1.45 bits per heavy atom. The lowest BCUT2D eigenvalue weighted by molar-refractivity contribution is -0.185. The third kappa shape index (κ3) is 5.87. The van der Waals surface area contributed by atoms with Crippen LogP contribution in [0.25, 0.3) is 0 Å². The van der Waals surface area contributed by atoms with Crippen molar-refractivity contribution in [1.29, 1.82) is 0 Å². The first-order valence-electron chi connectivity index (χ1n) is 22.9. The maximum absolute atomic E-state index is 13.7. The molecule has 4 saturated heterocycles. The van der Waals surface area contributed by atoms with Crippen LogP contribution in [0, 0.1) is 56.7 Å². The van der Waals surface area contributed by atoms with Gasteiger partial charge in [-0.2, -0.15) is 0 Å². The molecule has 316 valence electrons. The number of nitrogens with zero attached hydrogens (tertiary/aromatic N) is 4. The quantitative estimate of drug-likeness (QED) is 0.327. The highest BCUT2D eigenvalue weighted by atomic mass is 16.6. The van der Waals surface area contributed by atoms with Crippen LogP contribution in [0.1, 0.15) is 106 Å². The molecule has 9 fully saturated rings. The lowest BCUT2D eigenvalue weighted by Crippen LogP contribution is -2.60. The number of aliphatic hydroxyl groups is 1. The van der Waals surface area contributed by atoms with E-state index in [1.807, 2.05) is 4.90 Å². The van der Waals surface area contributed by atoms with E-state index < -0.39 is 6.10 Å². The largest absolute Gasteiger partial charge is 0.446 e. The Bertz CT molecular complexity index is 1490. The number of piperazine rings is 1. The van der Waals surface area contributed by atoms with Crippen LogP contribution in [0.5, 0.6) is 0 Å². The van der Waals surface area contributed by atoms with Gasteiger partial charge in [-0.25, -0.2) is 9.59 Å².